The molecule has 132 valence electrons. The molecule has 0 unspecified atom stereocenters. The topological polar surface area (TPSA) is 98.9 Å². The highest BCUT2D eigenvalue weighted by Crippen LogP contribution is 2.29. The quantitative estimate of drug-likeness (QED) is 0.672. The molecule has 0 aliphatic carbocycles. The molecule has 2 heterocycles. The maximum absolute atomic E-state index is 5.60. The van der Waals surface area contributed by atoms with Crippen molar-refractivity contribution in [1.29, 1.82) is 0 Å². The Morgan fingerprint density at radius 1 is 1.16 bits per heavy atom. The van der Waals surface area contributed by atoms with E-state index in [-0.39, 0.29) is 0 Å². The first kappa shape index (κ1) is 17.4. The van der Waals surface area contributed by atoms with Gasteiger partial charge in [-0.05, 0) is 31.2 Å². The van der Waals surface area contributed by atoms with Crippen molar-refractivity contribution in [3.63, 3.8) is 0 Å². The first-order valence-electron chi connectivity index (χ1n) is 7.93. The molecule has 0 spiro atoms. The Balaban J connectivity index is 1.80. The molecule has 0 fully saturated rings. The number of H-pyrrole nitrogens is 1. The average Bonchev–Trinajstić information content (AvgIpc) is 3.21. The highest BCUT2D eigenvalue weighted by molar-refractivity contribution is 7.15. The second-order valence-electron chi connectivity index (χ2n) is 5.53. The highest BCUT2D eigenvalue weighted by atomic mass is 32.1. The van der Waals surface area contributed by atoms with E-state index < -0.39 is 0 Å². The standard InChI is InChI=1S/C17H21N5O2S/c1-10-16(25-15(19-10)6-7-18)17-20-14(21-22-17)9-11-4-5-12(23-2)13(8-11)24-3/h4-5,8H,6-7,9,18H2,1-3H3,(H,20,21,22). The predicted octanol–water partition coefficient (Wildman–Crippen LogP) is 2.35. The largest absolute Gasteiger partial charge is 0.493 e. The Bertz CT molecular complexity index is 859. The second-order valence-corrected chi connectivity index (χ2v) is 6.62. The molecular weight excluding hydrogens is 338 g/mol. The van der Waals surface area contributed by atoms with E-state index in [0.29, 0.717) is 30.3 Å². The minimum absolute atomic E-state index is 0.588. The number of nitrogens with one attached hydrogen (secondary N) is 1. The molecule has 0 radical (unpaired) electrons. The van der Waals surface area contributed by atoms with Gasteiger partial charge in [0.25, 0.3) is 0 Å². The molecule has 3 N–H and O–H groups in total. The van der Waals surface area contributed by atoms with Crippen molar-refractivity contribution in [2.45, 2.75) is 19.8 Å². The van der Waals surface area contributed by atoms with Crippen LogP contribution in [0.1, 0.15) is 22.1 Å². The lowest BCUT2D eigenvalue weighted by Gasteiger charge is -2.08. The summed E-state index contributed by atoms with van der Waals surface area (Å²) in [7, 11) is 3.25. The van der Waals surface area contributed by atoms with Gasteiger partial charge >= 0.3 is 0 Å². The van der Waals surface area contributed by atoms with Crippen LogP contribution >= 0.6 is 11.3 Å². The Morgan fingerprint density at radius 3 is 2.68 bits per heavy atom. The van der Waals surface area contributed by atoms with E-state index in [1.54, 1.807) is 25.6 Å². The molecular formula is C17H21N5O2S. The van der Waals surface area contributed by atoms with Crippen LogP contribution in [0, 0.1) is 6.92 Å². The fourth-order valence-electron chi connectivity index (χ4n) is 2.55. The molecule has 25 heavy (non-hydrogen) atoms. The third-order valence-corrected chi connectivity index (χ3v) is 4.97. The van der Waals surface area contributed by atoms with E-state index >= 15 is 0 Å². The maximum Gasteiger partial charge on any atom is 0.193 e. The van der Waals surface area contributed by atoms with E-state index in [0.717, 1.165) is 33.4 Å². The molecule has 2 aromatic heterocycles. The Morgan fingerprint density at radius 2 is 1.96 bits per heavy atom. The summed E-state index contributed by atoms with van der Waals surface area (Å²) in [6.07, 6.45) is 1.40. The minimum atomic E-state index is 0.588. The van der Waals surface area contributed by atoms with Crippen molar-refractivity contribution in [1.82, 2.24) is 20.2 Å². The van der Waals surface area contributed by atoms with Gasteiger partial charge < -0.3 is 15.2 Å². The number of aryl methyl sites for hydroxylation is 1. The third-order valence-electron chi connectivity index (χ3n) is 3.75. The number of thiazole rings is 1. The van der Waals surface area contributed by atoms with Crippen LogP contribution in [0.3, 0.4) is 0 Å². The van der Waals surface area contributed by atoms with Gasteiger partial charge in [0.2, 0.25) is 0 Å². The molecule has 3 aromatic rings. The van der Waals surface area contributed by atoms with Gasteiger partial charge in [0.05, 0.1) is 29.8 Å². The summed E-state index contributed by atoms with van der Waals surface area (Å²) in [6, 6.07) is 5.82. The van der Waals surface area contributed by atoms with Crippen LogP contribution in [0.2, 0.25) is 0 Å². The van der Waals surface area contributed by atoms with Gasteiger partial charge in [-0.2, -0.15) is 5.10 Å². The number of aromatic amines is 1. The number of nitrogens with two attached hydrogens (primary N) is 1. The number of benzene rings is 1. The number of hydrogen-bond acceptors (Lipinski definition) is 7. The third kappa shape index (κ3) is 3.80. The molecule has 0 bridgehead atoms. The molecule has 0 saturated heterocycles. The molecule has 8 heteroatoms. The Hall–Kier alpha value is -2.45. The van der Waals surface area contributed by atoms with Crippen LogP contribution in [0.25, 0.3) is 10.7 Å². The van der Waals surface area contributed by atoms with Crippen LogP contribution in [-0.2, 0) is 12.8 Å². The van der Waals surface area contributed by atoms with Crippen LogP contribution in [0.5, 0.6) is 11.5 Å². The van der Waals surface area contributed by atoms with Gasteiger partial charge in [-0.3, -0.25) is 5.10 Å². The molecule has 1 aromatic carbocycles. The lowest BCUT2D eigenvalue weighted by Crippen LogP contribution is -2.01. The SMILES string of the molecule is COc1ccc(Cc2nc(-c3sc(CCN)nc3C)n[nH]2)cc1OC. The second kappa shape index (κ2) is 7.62. The zero-order chi connectivity index (χ0) is 17.8. The smallest absolute Gasteiger partial charge is 0.193 e. The Kier molecular flexibility index (Phi) is 5.30. The number of nitrogens with zero attached hydrogens (tertiary/aromatic N) is 3. The predicted molar refractivity (Wildman–Crippen MR) is 97.3 cm³/mol. The number of rotatable bonds is 7. The van der Waals surface area contributed by atoms with E-state index in [4.69, 9.17) is 15.2 Å². The summed E-state index contributed by atoms with van der Waals surface area (Å²) in [5, 5.41) is 8.36. The molecule has 0 atom stereocenters. The van der Waals surface area contributed by atoms with Gasteiger partial charge in [-0.1, -0.05) is 6.07 Å². The molecule has 0 aliphatic heterocycles. The first-order chi connectivity index (χ1) is 12.1. The van der Waals surface area contributed by atoms with E-state index in [1.807, 2.05) is 25.1 Å². The van der Waals surface area contributed by atoms with Crippen LogP contribution in [-0.4, -0.2) is 40.9 Å². The Labute approximate surface area is 150 Å². The minimum Gasteiger partial charge on any atom is -0.493 e. The molecule has 3 rings (SSSR count). The lowest BCUT2D eigenvalue weighted by atomic mass is 10.1. The lowest BCUT2D eigenvalue weighted by molar-refractivity contribution is 0.354. The van der Waals surface area contributed by atoms with Crippen molar-refractivity contribution < 1.29 is 9.47 Å². The fourth-order valence-corrected chi connectivity index (χ4v) is 3.56. The van der Waals surface area contributed by atoms with E-state index in [1.165, 1.54) is 0 Å². The number of aromatic nitrogens is 4. The summed E-state index contributed by atoms with van der Waals surface area (Å²) in [5.41, 5.74) is 7.60. The highest BCUT2D eigenvalue weighted by Gasteiger charge is 2.15. The summed E-state index contributed by atoms with van der Waals surface area (Å²) < 4.78 is 10.6. The summed E-state index contributed by atoms with van der Waals surface area (Å²) in [6.45, 7) is 2.56. The maximum atomic E-state index is 5.60. The van der Waals surface area contributed by atoms with Gasteiger partial charge in [-0.15, -0.1) is 11.3 Å². The van der Waals surface area contributed by atoms with Gasteiger partial charge in [0.15, 0.2) is 17.3 Å². The van der Waals surface area contributed by atoms with Crippen LogP contribution in [0.4, 0.5) is 0 Å². The molecule has 0 aliphatic rings. The van der Waals surface area contributed by atoms with Crippen molar-refractivity contribution in [3.05, 3.63) is 40.3 Å². The molecule has 7 nitrogen and oxygen atoms in total. The molecule has 0 saturated carbocycles. The first-order valence-corrected chi connectivity index (χ1v) is 8.75. The summed E-state index contributed by atoms with van der Waals surface area (Å²) in [4.78, 5) is 10.1. The number of methoxy groups -OCH3 is 2. The van der Waals surface area contributed by atoms with E-state index in [2.05, 4.69) is 20.2 Å². The zero-order valence-corrected chi connectivity index (χ0v) is 15.3. The monoisotopic (exact) mass is 359 g/mol. The fraction of sp³-hybridized carbons (Fsp3) is 0.353. The number of hydrogen-bond donors (Lipinski definition) is 2. The van der Waals surface area contributed by atoms with Crippen LogP contribution < -0.4 is 15.2 Å². The summed E-state index contributed by atoms with van der Waals surface area (Å²) in [5.74, 6) is 2.87. The average molecular weight is 359 g/mol. The van der Waals surface area contributed by atoms with Crippen molar-refractivity contribution >= 4 is 11.3 Å². The van der Waals surface area contributed by atoms with Gasteiger partial charge in [0, 0.05) is 12.8 Å². The van der Waals surface area contributed by atoms with Crippen molar-refractivity contribution in [2.75, 3.05) is 20.8 Å². The van der Waals surface area contributed by atoms with Crippen LogP contribution in [0.15, 0.2) is 18.2 Å². The summed E-state index contributed by atoms with van der Waals surface area (Å²) >= 11 is 1.60. The van der Waals surface area contributed by atoms with Crippen molar-refractivity contribution in [3.8, 4) is 22.2 Å². The van der Waals surface area contributed by atoms with Gasteiger partial charge in [-0.25, -0.2) is 9.97 Å². The van der Waals surface area contributed by atoms with Gasteiger partial charge in [0.1, 0.15) is 5.82 Å². The normalized spacial score (nSPS) is 10.9. The zero-order valence-electron chi connectivity index (χ0n) is 14.5. The number of ether oxygens (including phenoxy) is 2. The van der Waals surface area contributed by atoms with E-state index in [9.17, 15) is 0 Å². The molecule has 0 amide bonds. The van der Waals surface area contributed by atoms with Crippen molar-refractivity contribution in [2.24, 2.45) is 5.73 Å².